The maximum atomic E-state index is 13.7. The molecule has 1 aromatic rings. The Morgan fingerprint density at radius 1 is 1.11 bits per heavy atom. The first-order chi connectivity index (χ1) is 13.1. The van der Waals surface area contributed by atoms with Crippen LogP contribution in [-0.4, -0.2) is 53.8 Å². The Bertz CT molecular complexity index is 653. The van der Waals surface area contributed by atoms with Gasteiger partial charge >= 0.3 is 0 Å². The summed E-state index contributed by atoms with van der Waals surface area (Å²) in [6, 6.07) is 6.20. The molecule has 0 saturated carbocycles. The van der Waals surface area contributed by atoms with Crippen molar-refractivity contribution in [3.8, 4) is 0 Å². The number of halogens is 1. The summed E-state index contributed by atoms with van der Waals surface area (Å²) in [5.74, 6) is -0.0133. The van der Waals surface area contributed by atoms with Crippen LogP contribution in [0, 0.1) is 11.7 Å². The smallest absolute Gasteiger partial charge is 0.237 e. The molecule has 2 aliphatic heterocycles. The van der Waals surface area contributed by atoms with Crippen LogP contribution in [0.2, 0.25) is 0 Å². The van der Waals surface area contributed by atoms with Crippen LogP contribution in [0.4, 0.5) is 4.39 Å². The summed E-state index contributed by atoms with van der Waals surface area (Å²) in [6.45, 7) is 5.36. The molecule has 0 radical (unpaired) electrons. The third-order valence-electron chi connectivity index (χ3n) is 5.88. The number of benzene rings is 1. The molecule has 2 fully saturated rings. The van der Waals surface area contributed by atoms with E-state index in [1.54, 1.807) is 18.2 Å². The van der Waals surface area contributed by atoms with Crippen molar-refractivity contribution in [3.63, 3.8) is 0 Å². The van der Waals surface area contributed by atoms with Crippen molar-refractivity contribution in [3.05, 3.63) is 35.6 Å². The first-order valence-electron chi connectivity index (χ1n) is 10.1. The van der Waals surface area contributed by atoms with Gasteiger partial charge in [0, 0.05) is 31.1 Å². The second-order valence-electron chi connectivity index (χ2n) is 7.68. The molecular weight excluding hydrogens is 345 g/mol. The molecule has 2 saturated heterocycles. The lowest BCUT2D eigenvalue weighted by Gasteiger charge is -2.37. The number of nitrogens with zero attached hydrogens (tertiary/aromatic N) is 2. The Balaban J connectivity index is 1.44. The molecule has 0 aromatic heterocycles. The normalized spacial score (nSPS) is 20.3. The SMILES string of the molecule is CC(C(=O)NCc1ccccc1F)N1CCC(C(=O)N2CCCCC2)CC1. The third-order valence-corrected chi connectivity index (χ3v) is 5.88. The summed E-state index contributed by atoms with van der Waals surface area (Å²) in [7, 11) is 0. The van der Waals surface area contributed by atoms with Crippen LogP contribution in [0.15, 0.2) is 24.3 Å². The van der Waals surface area contributed by atoms with E-state index < -0.39 is 0 Å². The number of nitrogens with one attached hydrogen (secondary N) is 1. The van der Waals surface area contributed by atoms with E-state index in [9.17, 15) is 14.0 Å². The van der Waals surface area contributed by atoms with Gasteiger partial charge in [0.15, 0.2) is 0 Å². The van der Waals surface area contributed by atoms with Crippen molar-refractivity contribution in [2.45, 2.75) is 51.6 Å². The number of carbonyl (C=O) groups is 2. The molecule has 1 N–H and O–H groups in total. The minimum Gasteiger partial charge on any atom is -0.351 e. The van der Waals surface area contributed by atoms with Crippen molar-refractivity contribution in [1.29, 1.82) is 0 Å². The lowest BCUT2D eigenvalue weighted by Crippen LogP contribution is -2.50. The van der Waals surface area contributed by atoms with E-state index in [4.69, 9.17) is 0 Å². The molecule has 5 nitrogen and oxygen atoms in total. The molecule has 2 amide bonds. The predicted molar refractivity (Wildman–Crippen MR) is 102 cm³/mol. The molecule has 2 aliphatic rings. The number of hydrogen-bond donors (Lipinski definition) is 1. The fourth-order valence-electron chi connectivity index (χ4n) is 4.04. The molecule has 6 heteroatoms. The number of carbonyl (C=O) groups excluding carboxylic acids is 2. The van der Waals surface area contributed by atoms with E-state index in [1.807, 2.05) is 11.8 Å². The third kappa shape index (κ3) is 5.06. The molecule has 27 heavy (non-hydrogen) atoms. The highest BCUT2D eigenvalue weighted by Crippen LogP contribution is 2.23. The van der Waals surface area contributed by atoms with Crippen LogP contribution in [0.1, 0.15) is 44.6 Å². The molecule has 0 aliphatic carbocycles. The quantitative estimate of drug-likeness (QED) is 0.861. The number of amides is 2. The zero-order valence-electron chi connectivity index (χ0n) is 16.1. The summed E-state index contributed by atoms with van der Waals surface area (Å²) >= 11 is 0. The molecule has 1 atom stereocenters. The lowest BCUT2D eigenvalue weighted by atomic mass is 9.93. The van der Waals surface area contributed by atoms with Gasteiger partial charge in [0.05, 0.1) is 6.04 Å². The highest BCUT2D eigenvalue weighted by Gasteiger charge is 2.32. The standard InChI is InChI=1S/C21H30FN3O2/c1-16(20(26)23-15-18-7-3-4-8-19(18)22)24-13-9-17(10-14-24)21(27)25-11-5-2-6-12-25/h3-4,7-8,16-17H,2,5-6,9-15H2,1H3,(H,23,26). The Morgan fingerprint density at radius 3 is 2.44 bits per heavy atom. The summed E-state index contributed by atoms with van der Waals surface area (Å²) < 4.78 is 13.7. The van der Waals surface area contributed by atoms with E-state index in [0.29, 0.717) is 11.5 Å². The number of piperidine rings is 2. The maximum Gasteiger partial charge on any atom is 0.237 e. The van der Waals surface area contributed by atoms with E-state index in [0.717, 1.165) is 51.9 Å². The fourth-order valence-corrected chi connectivity index (χ4v) is 4.04. The molecule has 1 unspecified atom stereocenters. The van der Waals surface area contributed by atoms with Crippen molar-refractivity contribution < 1.29 is 14.0 Å². The van der Waals surface area contributed by atoms with Crippen molar-refractivity contribution in [2.75, 3.05) is 26.2 Å². The van der Waals surface area contributed by atoms with E-state index >= 15 is 0 Å². The minimum absolute atomic E-state index is 0.0908. The average Bonchev–Trinajstić information content (AvgIpc) is 2.72. The number of likely N-dealkylation sites (tertiary alicyclic amines) is 2. The van der Waals surface area contributed by atoms with Gasteiger partial charge in [-0.15, -0.1) is 0 Å². The van der Waals surface area contributed by atoms with Crippen molar-refractivity contribution >= 4 is 11.8 Å². The number of hydrogen-bond acceptors (Lipinski definition) is 3. The molecule has 1 aromatic carbocycles. The molecule has 148 valence electrons. The van der Waals surface area contributed by atoms with Gasteiger partial charge < -0.3 is 10.2 Å². The average molecular weight is 375 g/mol. The molecule has 3 rings (SSSR count). The van der Waals surface area contributed by atoms with Crippen LogP contribution >= 0.6 is 0 Å². The second-order valence-corrected chi connectivity index (χ2v) is 7.68. The predicted octanol–water partition coefficient (Wildman–Crippen LogP) is 2.55. The minimum atomic E-state index is -0.303. The molecular formula is C21H30FN3O2. The van der Waals surface area contributed by atoms with E-state index in [1.165, 1.54) is 12.5 Å². The zero-order chi connectivity index (χ0) is 19.2. The van der Waals surface area contributed by atoms with Gasteiger partial charge in [-0.3, -0.25) is 14.5 Å². The zero-order valence-corrected chi connectivity index (χ0v) is 16.1. The van der Waals surface area contributed by atoms with Gasteiger partial charge in [0.25, 0.3) is 0 Å². The monoisotopic (exact) mass is 375 g/mol. The van der Waals surface area contributed by atoms with Gasteiger partial charge in [0.1, 0.15) is 5.82 Å². The Hall–Kier alpha value is -1.95. The van der Waals surface area contributed by atoms with Crippen molar-refractivity contribution in [1.82, 2.24) is 15.1 Å². The van der Waals surface area contributed by atoms with Crippen LogP contribution in [0.5, 0.6) is 0 Å². The molecule has 2 heterocycles. The first kappa shape index (κ1) is 19.8. The van der Waals surface area contributed by atoms with Crippen LogP contribution < -0.4 is 5.32 Å². The molecule has 0 bridgehead atoms. The van der Waals surface area contributed by atoms with Gasteiger partial charge in [-0.2, -0.15) is 0 Å². The van der Waals surface area contributed by atoms with Gasteiger partial charge in [0.2, 0.25) is 11.8 Å². The topological polar surface area (TPSA) is 52.7 Å². The van der Waals surface area contributed by atoms with E-state index in [2.05, 4.69) is 10.2 Å². The highest BCUT2D eigenvalue weighted by atomic mass is 19.1. The fraction of sp³-hybridized carbons (Fsp3) is 0.619. The van der Waals surface area contributed by atoms with Crippen LogP contribution in [-0.2, 0) is 16.1 Å². The second kappa shape index (κ2) is 9.31. The van der Waals surface area contributed by atoms with Gasteiger partial charge in [-0.25, -0.2) is 4.39 Å². The number of rotatable bonds is 5. The van der Waals surface area contributed by atoms with E-state index in [-0.39, 0.29) is 30.2 Å². The Labute approximate surface area is 160 Å². The Morgan fingerprint density at radius 2 is 1.78 bits per heavy atom. The summed E-state index contributed by atoms with van der Waals surface area (Å²) in [6.07, 6.45) is 5.07. The largest absolute Gasteiger partial charge is 0.351 e. The van der Waals surface area contributed by atoms with Gasteiger partial charge in [-0.05, 0) is 58.2 Å². The summed E-state index contributed by atoms with van der Waals surface area (Å²) in [5, 5.41) is 2.83. The Kier molecular flexibility index (Phi) is 6.83. The van der Waals surface area contributed by atoms with Crippen LogP contribution in [0.3, 0.4) is 0 Å². The summed E-state index contributed by atoms with van der Waals surface area (Å²) in [4.78, 5) is 29.2. The highest BCUT2D eigenvalue weighted by molar-refractivity contribution is 5.81. The van der Waals surface area contributed by atoms with Crippen molar-refractivity contribution in [2.24, 2.45) is 5.92 Å². The maximum absolute atomic E-state index is 13.7. The van der Waals surface area contributed by atoms with Gasteiger partial charge in [-0.1, -0.05) is 18.2 Å². The lowest BCUT2D eigenvalue weighted by molar-refractivity contribution is -0.138. The first-order valence-corrected chi connectivity index (χ1v) is 10.1. The van der Waals surface area contributed by atoms with Crippen LogP contribution in [0.25, 0.3) is 0 Å². The molecule has 0 spiro atoms. The summed E-state index contributed by atoms with van der Waals surface area (Å²) in [5.41, 5.74) is 0.490.